The van der Waals surface area contributed by atoms with E-state index in [1.54, 1.807) is 19.2 Å². The monoisotopic (exact) mass is 251 g/mol. The van der Waals surface area contributed by atoms with Crippen LogP contribution in [0, 0.1) is 11.7 Å². The van der Waals surface area contributed by atoms with Gasteiger partial charge in [-0.3, -0.25) is 0 Å². The Balaban J connectivity index is 3.11. The molecule has 1 aromatic rings. The molecular formula is C14H18FNO2. The molecule has 0 aliphatic carbocycles. The van der Waals surface area contributed by atoms with E-state index in [2.05, 4.69) is 0 Å². The predicted octanol–water partition coefficient (Wildman–Crippen LogP) is 3.02. The van der Waals surface area contributed by atoms with Gasteiger partial charge in [-0.2, -0.15) is 0 Å². The maximum atomic E-state index is 13.9. The lowest BCUT2D eigenvalue weighted by Gasteiger charge is -2.23. The first kappa shape index (κ1) is 14.2. The maximum absolute atomic E-state index is 13.9. The Morgan fingerprint density at radius 2 is 2.17 bits per heavy atom. The molecule has 1 N–H and O–H groups in total. The number of halogens is 1. The van der Waals surface area contributed by atoms with Crippen molar-refractivity contribution >= 4 is 17.7 Å². The van der Waals surface area contributed by atoms with E-state index in [-0.39, 0.29) is 5.82 Å². The molecule has 0 aromatic heterocycles. The fraction of sp³-hybridized carbons (Fsp3) is 0.357. The van der Waals surface area contributed by atoms with Crippen molar-refractivity contribution < 1.29 is 14.3 Å². The van der Waals surface area contributed by atoms with Crippen LogP contribution in [0.2, 0.25) is 0 Å². The van der Waals surface area contributed by atoms with Crippen LogP contribution in [0.5, 0.6) is 0 Å². The second-order valence-electron chi connectivity index (χ2n) is 4.62. The summed E-state index contributed by atoms with van der Waals surface area (Å²) >= 11 is 0. The van der Waals surface area contributed by atoms with E-state index in [1.807, 2.05) is 18.7 Å². The molecule has 0 fully saturated rings. The largest absolute Gasteiger partial charge is 0.478 e. The number of hydrogen-bond donors (Lipinski definition) is 1. The summed E-state index contributed by atoms with van der Waals surface area (Å²) in [6.45, 7) is 4.79. The van der Waals surface area contributed by atoms with Crippen molar-refractivity contribution in [3.05, 3.63) is 35.7 Å². The number of hydrogen-bond acceptors (Lipinski definition) is 2. The Hall–Kier alpha value is -1.84. The van der Waals surface area contributed by atoms with Crippen molar-refractivity contribution in [3.8, 4) is 0 Å². The summed E-state index contributed by atoms with van der Waals surface area (Å²) in [7, 11) is 1.80. The molecule has 18 heavy (non-hydrogen) atoms. The van der Waals surface area contributed by atoms with Gasteiger partial charge in [0.15, 0.2) is 0 Å². The fourth-order valence-corrected chi connectivity index (χ4v) is 1.87. The Labute approximate surface area is 107 Å². The first-order valence-electron chi connectivity index (χ1n) is 5.82. The summed E-state index contributed by atoms with van der Waals surface area (Å²) in [5, 5.41) is 8.62. The quantitative estimate of drug-likeness (QED) is 0.818. The Bertz CT molecular complexity index is 455. The highest BCUT2D eigenvalue weighted by molar-refractivity contribution is 5.87. The number of anilines is 1. The highest BCUT2D eigenvalue weighted by Gasteiger charge is 2.12. The van der Waals surface area contributed by atoms with Crippen molar-refractivity contribution in [1.29, 1.82) is 0 Å². The number of benzene rings is 1. The van der Waals surface area contributed by atoms with Gasteiger partial charge in [-0.1, -0.05) is 26.0 Å². The summed E-state index contributed by atoms with van der Waals surface area (Å²) in [5.41, 5.74) is 1.00. The number of carbonyl (C=O) groups is 1. The van der Waals surface area contributed by atoms with Crippen molar-refractivity contribution in [1.82, 2.24) is 0 Å². The molecule has 98 valence electrons. The van der Waals surface area contributed by atoms with Crippen LogP contribution in [-0.4, -0.2) is 24.7 Å². The molecule has 0 saturated carbocycles. The number of carboxylic acids is 1. The molecule has 0 radical (unpaired) electrons. The van der Waals surface area contributed by atoms with E-state index in [0.29, 0.717) is 23.7 Å². The molecule has 0 unspecified atom stereocenters. The van der Waals surface area contributed by atoms with Gasteiger partial charge in [0.05, 0.1) is 5.69 Å². The smallest absolute Gasteiger partial charge is 0.328 e. The fourth-order valence-electron chi connectivity index (χ4n) is 1.87. The first-order chi connectivity index (χ1) is 8.41. The summed E-state index contributed by atoms with van der Waals surface area (Å²) in [5.74, 6) is -0.992. The maximum Gasteiger partial charge on any atom is 0.328 e. The molecule has 0 aliphatic heterocycles. The van der Waals surface area contributed by atoms with Crippen molar-refractivity contribution in [3.63, 3.8) is 0 Å². The van der Waals surface area contributed by atoms with Crippen LogP contribution >= 0.6 is 0 Å². The average molecular weight is 251 g/mol. The van der Waals surface area contributed by atoms with Crippen LogP contribution < -0.4 is 4.90 Å². The van der Waals surface area contributed by atoms with Crippen molar-refractivity contribution in [2.75, 3.05) is 18.5 Å². The Kier molecular flexibility index (Phi) is 4.89. The molecule has 0 atom stereocenters. The zero-order chi connectivity index (χ0) is 13.7. The lowest BCUT2D eigenvalue weighted by atomic mass is 10.1. The van der Waals surface area contributed by atoms with E-state index >= 15 is 0 Å². The minimum absolute atomic E-state index is 0.342. The van der Waals surface area contributed by atoms with E-state index < -0.39 is 5.97 Å². The molecule has 0 amide bonds. The normalized spacial score (nSPS) is 11.2. The third kappa shape index (κ3) is 3.87. The molecule has 4 heteroatoms. The summed E-state index contributed by atoms with van der Waals surface area (Å²) in [6.07, 6.45) is 2.43. The molecule has 0 bridgehead atoms. The van der Waals surface area contributed by atoms with Crippen molar-refractivity contribution in [2.24, 2.45) is 5.92 Å². The van der Waals surface area contributed by atoms with Gasteiger partial charge in [-0.25, -0.2) is 9.18 Å². The van der Waals surface area contributed by atoms with Crippen LogP contribution in [0.1, 0.15) is 19.4 Å². The van der Waals surface area contributed by atoms with Gasteiger partial charge in [0.2, 0.25) is 0 Å². The minimum Gasteiger partial charge on any atom is -0.478 e. The van der Waals surface area contributed by atoms with E-state index in [4.69, 9.17) is 5.11 Å². The van der Waals surface area contributed by atoms with Crippen molar-refractivity contribution in [2.45, 2.75) is 13.8 Å². The zero-order valence-electron chi connectivity index (χ0n) is 10.9. The Morgan fingerprint density at radius 3 is 2.72 bits per heavy atom. The summed E-state index contributed by atoms with van der Waals surface area (Å²) in [6, 6.07) is 4.66. The van der Waals surface area contributed by atoms with Crippen LogP contribution in [0.25, 0.3) is 6.08 Å². The molecule has 0 heterocycles. The molecule has 0 saturated heterocycles. The lowest BCUT2D eigenvalue weighted by Crippen LogP contribution is -2.24. The SMILES string of the molecule is CC(C)CN(C)c1c(F)cccc1/C=C/C(=O)O. The summed E-state index contributed by atoms with van der Waals surface area (Å²) < 4.78 is 13.9. The first-order valence-corrected chi connectivity index (χ1v) is 5.82. The van der Waals surface area contributed by atoms with Crippen LogP contribution in [-0.2, 0) is 4.79 Å². The van der Waals surface area contributed by atoms with E-state index in [0.717, 1.165) is 6.08 Å². The highest BCUT2D eigenvalue weighted by Crippen LogP contribution is 2.25. The highest BCUT2D eigenvalue weighted by atomic mass is 19.1. The van der Waals surface area contributed by atoms with Gasteiger partial charge in [0.25, 0.3) is 0 Å². The molecule has 3 nitrogen and oxygen atoms in total. The number of carboxylic acid groups (broad SMARTS) is 1. The van der Waals surface area contributed by atoms with Gasteiger partial charge >= 0.3 is 5.97 Å². The number of aliphatic carboxylic acids is 1. The third-order valence-corrected chi connectivity index (χ3v) is 2.44. The topological polar surface area (TPSA) is 40.5 Å². The van der Waals surface area contributed by atoms with E-state index in [1.165, 1.54) is 12.1 Å². The zero-order valence-corrected chi connectivity index (χ0v) is 10.9. The second kappa shape index (κ2) is 6.19. The van der Waals surface area contributed by atoms with Gasteiger partial charge < -0.3 is 10.0 Å². The molecule has 0 spiro atoms. The van der Waals surface area contributed by atoms with Gasteiger partial charge in [-0.05, 0) is 18.1 Å². The second-order valence-corrected chi connectivity index (χ2v) is 4.62. The molecule has 1 aromatic carbocycles. The minimum atomic E-state index is -1.04. The Morgan fingerprint density at radius 1 is 1.50 bits per heavy atom. The van der Waals surface area contributed by atoms with Gasteiger partial charge in [0.1, 0.15) is 5.82 Å². The van der Waals surface area contributed by atoms with Crippen LogP contribution in [0.15, 0.2) is 24.3 Å². The molecular weight excluding hydrogens is 233 g/mol. The van der Waals surface area contributed by atoms with Crippen LogP contribution in [0.4, 0.5) is 10.1 Å². The van der Waals surface area contributed by atoms with Gasteiger partial charge in [0, 0.05) is 25.2 Å². The van der Waals surface area contributed by atoms with Crippen LogP contribution in [0.3, 0.4) is 0 Å². The average Bonchev–Trinajstić information content (AvgIpc) is 2.24. The number of para-hydroxylation sites is 1. The number of rotatable bonds is 5. The predicted molar refractivity (Wildman–Crippen MR) is 71.2 cm³/mol. The summed E-state index contributed by atoms with van der Waals surface area (Å²) in [4.78, 5) is 12.3. The molecule has 0 aliphatic rings. The molecule has 1 rings (SSSR count). The van der Waals surface area contributed by atoms with Gasteiger partial charge in [-0.15, -0.1) is 0 Å². The number of nitrogens with zero attached hydrogens (tertiary/aromatic N) is 1. The standard InChI is InChI=1S/C14H18FNO2/c1-10(2)9-16(3)14-11(7-8-13(17)18)5-4-6-12(14)15/h4-8,10H,9H2,1-3H3,(H,17,18)/b8-7+. The third-order valence-electron chi connectivity index (χ3n) is 2.44. The lowest BCUT2D eigenvalue weighted by molar-refractivity contribution is -0.131. The van der Waals surface area contributed by atoms with E-state index in [9.17, 15) is 9.18 Å².